The van der Waals surface area contributed by atoms with Crippen molar-refractivity contribution in [3.63, 3.8) is 0 Å². The van der Waals surface area contributed by atoms with E-state index in [1.165, 1.54) is 7.11 Å². The minimum absolute atomic E-state index is 0.0205. The summed E-state index contributed by atoms with van der Waals surface area (Å²) in [6, 6.07) is 13.1. The number of methoxy groups -OCH3 is 1. The standard InChI is InChI=1S/C24H30ClN3O4/c1-3-13-32-23-20(25)14-19(15-21(23)31-2)24(30)28-11-9-27(10-12-28)17-22(29)26-16-18-7-5-4-6-8-18/h4-8,14-15H,3,9-13,16-17H2,1-2H3,(H,26,29). The number of ether oxygens (including phenoxy) is 2. The van der Waals surface area contributed by atoms with Crippen molar-refractivity contribution in [1.29, 1.82) is 0 Å². The van der Waals surface area contributed by atoms with Gasteiger partial charge in [0, 0.05) is 38.3 Å². The van der Waals surface area contributed by atoms with Crippen molar-refractivity contribution >= 4 is 23.4 Å². The van der Waals surface area contributed by atoms with Crippen molar-refractivity contribution < 1.29 is 19.1 Å². The zero-order valence-corrected chi connectivity index (χ0v) is 19.4. The molecule has 1 N–H and O–H groups in total. The maximum atomic E-state index is 13.0. The van der Waals surface area contributed by atoms with Crippen molar-refractivity contribution in [2.24, 2.45) is 0 Å². The molecule has 1 heterocycles. The number of hydrogen-bond donors (Lipinski definition) is 1. The number of carbonyl (C=O) groups excluding carboxylic acids is 2. The number of nitrogens with one attached hydrogen (secondary N) is 1. The first-order valence-electron chi connectivity index (χ1n) is 10.8. The monoisotopic (exact) mass is 459 g/mol. The lowest BCUT2D eigenvalue weighted by atomic mass is 10.1. The Morgan fingerprint density at radius 2 is 1.81 bits per heavy atom. The summed E-state index contributed by atoms with van der Waals surface area (Å²) in [6.45, 7) is 5.70. The first-order valence-corrected chi connectivity index (χ1v) is 11.2. The highest BCUT2D eigenvalue weighted by Crippen LogP contribution is 2.37. The van der Waals surface area contributed by atoms with E-state index in [1.54, 1.807) is 17.0 Å². The Morgan fingerprint density at radius 1 is 1.09 bits per heavy atom. The third-order valence-corrected chi connectivity index (χ3v) is 5.57. The summed E-state index contributed by atoms with van der Waals surface area (Å²) in [5.74, 6) is 0.773. The molecule has 0 bridgehead atoms. The quantitative estimate of drug-likeness (QED) is 0.623. The van der Waals surface area contributed by atoms with E-state index >= 15 is 0 Å². The minimum Gasteiger partial charge on any atom is -0.493 e. The predicted molar refractivity (Wildman–Crippen MR) is 124 cm³/mol. The van der Waals surface area contributed by atoms with E-state index in [1.807, 2.05) is 37.3 Å². The highest BCUT2D eigenvalue weighted by molar-refractivity contribution is 6.32. The first kappa shape index (κ1) is 23.9. The summed E-state index contributed by atoms with van der Waals surface area (Å²) in [4.78, 5) is 29.1. The third kappa shape index (κ3) is 6.37. The zero-order chi connectivity index (χ0) is 22.9. The van der Waals surface area contributed by atoms with Crippen LogP contribution in [-0.4, -0.2) is 68.1 Å². The maximum Gasteiger partial charge on any atom is 0.254 e. The van der Waals surface area contributed by atoms with Crippen molar-refractivity contribution in [2.45, 2.75) is 19.9 Å². The molecule has 1 saturated heterocycles. The minimum atomic E-state index is -0.111. The molecule has 2 aromatic carbocycles. The van der Waals surface area contributed by atoms with Gasteiger partial charge in [-0.15, -0.1) is 0 Å². The molecule has 172 valence electrons. The lowest BCUT2D eigenvalue weighted by Gasteiger charge is -2.34. The van der Waals surface area contributed by atoms with Gasteiger partial charge < -0.3 is 19.7 Å². The van der Waals surface area contributed by atoms with E-state index < -0.39 is 0 Å². The molecule has 8 heteroatoms. The molecule has 0 aromatic heterocycles. The normalized spacial score (nSPS) is 14.2. The molecular weight excluding hydrogens is 430 g/mol. The molecule has 0 saturated carbocycles. The van der Waals surface area contributed by atoms with Gasteiger partial charge in [-0.1, -0.05) is 48.9 Å². The van der Waals surface area contributed by atoms with Crippen LogP contribution >= 0.6 is 11.6 Å². The largest absolute Gasteiger partial charge is 0.493 e. The van der Waals surface area contributed by atoms with Crippen LogP contribution in [-0.2, 0) is 11.3 Å². The van der Waals surface area contributed by atoms with E-state index in [2.05, 4.69) is 10.2 Å². The molecule has 0 spiro atoms. The molecule has 7 nitrogen and oxygen atoms in total. The summed E-state index contributed by atoms with van der Waals surface area (Å²) in [7, 11) is 1.53. The molecule has 1 aliphatic heterocycles. The van der Waals surface area contributed by atoms with Gasteiger partial charge in [-0.3, -0.25) is 14.5 Å². The highest BCUT2D eigenvalue weighted by Gasteiger charge is 2.25. The molecule has 2 amide bonds. The number of benzene rings is 2. The number of piperazine rings is 1. The number of halogens is 1. The molecule has 0 aliphatic carbocycles. The number of nitrogens with zero attached hydrogens (tertiary/aromatic N) is 2. The fourth-order valence-corrected chi connectivity index (χ4v) is 3.80. The molecule has 32 heavy (non-hydrogen) atoms. The van der Waals surface area contributed by atoms with Crippen molar-refractivity contribution in [3.05, 3.63) is 58.6 Å². The van der Waals surface area contributed by atoms with E-state index in [9.17, 15) is 9.59 Å². The van der Waals surface area contributed by atoms with Gasteiger partial charge in [-0.05, 0) is 24.1 Å². The maximum absolute atomic E-state index is 13.0. The van der Waals surface area contributed by atoms with E-state index in [4.69, 9.17) is 21.1 Å². The van der Waals surface area contributed by atoms with Crippen LogP contribution in [0.2, 0.25) is 5.02 Å². The summed E-state index contributed by atoms with van der Waals surface area (Å²) >= 11 is 6.36. The number of amides is 2. The Balaban J connectivity index is 1.51. The summed E-state index contributed by atoms with van der Waals surface area (Å²) < 4.78 is 11.0. The highest BCUT2D eigenvalue weighted by atomic mass is 35.5. The van der Waals surface area contributed by atoms with Gasteiger partial charge in [0.1, 0.15) is 0 Å². The summed E-state index contributed by atoms with van der Waals surface area (Å²) in [6.07, 6.45) is 0.842. The third-order valence-electron chi connectivity index (χ3n) is 5.29. The molecule has 1 aliphatic rings. The Labute approximate surface area is 194 Å². The molecule has 3 rings (SSSR count). The fourth-order valence-electron chi connectivity index (χ4n) is 3.53. The van der Waals surface area contributed by atoms with Crippen molar-refractivity contribution in [2.75, 3.05) is 46.4 Å². The van der Waals surface area contributed by atoms with Crippen LogP contribution in [0.4, 0.5) is 0 Å². The van der Waals surface area contributed by atoms with E-state index in [0.29, 0.717) is 68.0 Å². The molecule has 0 unspecified atom stereocenters. The summed E-state index contributed by atoms with van der Waals surface area (Å²) in [5, 5.41) is 3.30. The van der Waals surface area contributed by atoms with Crippen molar-refractivity contribution in [3.8, 4) is 11.5 Å². The van der Waals surface area contributed by atoms with Crippen LogP contribution in [0.5, 0.6) is 11.5 Å². The molecule has 0 atom stereocenters. The van der Waals surface area contributed by atoms with Gasteiger partial charge >= 0.3 is 0 Å². The second-order valence-electron chi connectivity index (χ2n) is 7.67. The molecule has 0 radical (unpaired) electrons. The van der Waals surface area contributed by atoms with Crippen LogP contribution < -0.4 is 14.8 Å². The van der Waals surface area contributed by atoms with Gasteiger partial charge in [-0.2, -0.15) is 0 Å². The van der Waals surface area contributed by atoms with Crippen molar-refractivity contribution in [1.82, 2.24) is 15.1 Å². The zero-order valence-electron chi connectivity index (χ0n) is 18.6. The molecule has 1 fully saturated rings. The van der Waals surface area contributed by atoms with Crippen LogP contribution in [0.1, 0.15) is 29.3 Å². The predicted octanol–water partition coefficient (Wildman–Crippen LogP) is 3.21. The molecular formula is C24H30ClN3O4. The second-order valence-corrected chi connectivity index (χ2v) is 8.08. The number of hydrogen-bond acceptors (Lipinski definition) is 5. The van der Waals surface area contributed by atoms with Crippen LogP contribution in [0.3, 0.4) is 0 Å². The van der Waals surface area contributed by atoms with Crippen LogP contribution in [0, 0.1) is 0 Å². The smallest absolute Gasteiger partial charge is 0.254 e. The SMILES string of the molecule is CCCOc1c(Cl)cc(C(=O)N2CCN(CC(=O)NCc3ccccc3)CC2)cc1OC. The van der Waals surface area contributed by atoms with Crippen LogP contribution in [0.25, 0.3) is 0 Å². The Kier molecular flexibility index (Phi) is 8.76. The lowest BCUT2D eigenvalue weighted by molar-refractivity contribution is -0.122. The topological polar surface area (TPSA) is 71.1 Å². The fraction of sp³-hybridized carbons (Fsp3) is 0.417. The van der Waals surface area contributed by atoms with E-state index in [-0.39, 0.29) is 11.8 Å². The van der Waals surface area contributed by atoms with Gasteiger partial charge in [0.2, 0.25) is 5.91 Å². The van der Waals surface area contributed by atoms with Gasteiger partial charge in [0.25, 0.3) is 5.91 Å². The second kappa shape index (κ2) is 11.7. The van der Waals surface area contributed by atoms with Gasteiger partial charge in [0.15, 0.2) is 11.5 Å². The Hall–Kier alpha value is -2.77. The lowest BCUT2D eigenvalue weighted by Crippen LogP contribution is -2.51. The van der Waals surface area contributed by atoms with Crippen LogP contribution in [0.15, 0.2) is 42.5 Å². The first-order chi connectivity index (χ1) is 15.5. The van der Waals surface area contributed by atoms with Gasteiger partial charge in [0.05, 0.1) is 25.3 Å². The van der Waals surface area contributed by atoms with Gasteiger partial charge in [-0.25, -0.2) is 0 Å². The number of carbonyl (C=O) groups is 2. The average molecular weight is 460 g/mol. The average Bonchev–Trinajstić information content (AvgIpc) is 2.82. The van der Waals surface area contributed by atoms with E-state index in [0.717, 1.165) is 12.0 Å². The summed E-state index contributed by atoms with van der Waals surface area (Å²) in [5.41, 5.74) is 1.53. The number of rotatable bonds is 9. The Morgan fingerprint density at radius 3 is 2.47 bits per heavy atom. The molecule has 2 aromatic rings. The Bertz CT molecular complexity index is 915.